The Morgan fingerprint density at radius 2 is 2.00 bits per heavy atom. The summed E-state index contributed by atoms with van der Waals surface area (Å²) in [6.07, 6.45) is 1.26. The van der Waals surface area contributed by atoms with E-state index in [0.717, 1.165) is 5.92 Å². The predicted octanol–water partition coefficient (Wildman–Crippen LogP) is 2.21. The zero-order chi connectivity index (χ0) is 7.02. The number of hydrogen-bond donors (Lipinski definition) is 0. The van der Waals surface area contributed by atoms with Crippen LogP contribution in [-0.4, -0.2) is 11.9 Å². The van der Waals surface area contributed by atoms with Crippen molar-refractivity contribution in [3.05, 3.63) is 11.4 Å². The van der Waals surface area contributed by atoms with Crippen LogP contribution in [0.25, 0.3) is 0 Å². The lowest BCUT2D eigenvalue weighted by atomic mass is 10.1. The van der Waals surface area contributed by atoms with Crippen LogP contribution in [0, 0.1) is 5.92 Å². The Morgan fingerprint density at radius 3 is 2.11 bits per heavy atom. The molecular formula is C8H15N. The summed E-state index contributed by atoms with van der Waals surface area (Å²) in [7, 11) is 2.14. The highest BCUT2D eigenvalue weighted by molar-refractivity contribution is 5.30. The molecule has 0 fully saturated rings. The Kier molecular flexibility index (Phi) is 1.52. The third-order valence-electron chi connectivity index (χ3n) is 2.26. The van der Waals surface area contributed by atoms with Crippen molar-refractivity contribution in [2.24, 2.45) is 5.92 Å². The van der Waals surface area contributed by atoms with E-state index in [1.165, 1.54) is 12.1 Å². The lowest BCUT2D eigenvalue weighted by molar-refractivity contribution is 0.562. The highest BCUT2D eigenvalue weighted by atomic mass is 15.2. The zero-order valence-electron chi connectivity index (χ0n) is 6.73. The van der Waals surface area contributed by atoms with Crippen molar-refractivity contribution in [2.45, 2.75) is 27.2 Å². The summed E-state index contributed by atoms with van der Waals surface area (Å²) in [5, 5.41) is 0. The molecule has 1 aliphatic rings. The number of nitrogens with zero attached hydrogens (tertiary/aromatic N) is 1. The average molecular weight is 125 g/mol. The Balaban J connectivity index is 2.47. The molecule has 0 aromatic heterocycles. The minimum atomic E-state index is 0.773. The molecule has 0 aliphatic carbocycles. The third-order valence-corrected chi connectivity index (χ3v) is 2.26. The molecule has 1 atom stereocenters. The van der Waals surface area contributed by atoms with Gasteiger partial charge in [-0.25, -0.2) is 0 Å². The van der Waals surface area contributed by atoms with Crippen LogP contribution < -0.4 is 0 Å². The SMILES string of the molecule is CCC(C)C1=C(C)N1C. The molecule has 1 unspecified atom stereocenters. The number of hydrogen-bond acceptors (Lipinski definition) is 1. The fourth-order valence-electron chi connectivity index (χ4n) is 1.26. The smallest absolute Gasteiger partial charge is 0.0396 e. The first-order chi connectivity index (χ1) is 4.18. The van der Waals surface area contributed by atoms with Gasteiger partial charge in [0.2, 0.25) is 0 Å². The molecule has 0 spiro atoms. The fraction of sp³-hybridized carbons (Fsp3) is 0.750. The van der Waals surface area contributed by atoms with Gasteiger partial charge in [0.1, 0.15) is 0 Å². The van der Waals surface area contributed by atoms with Gasteiger partial charge in [0.05, 0.1) is 0 Å². The first kappa shape index (κ1) is 6.66. The second kappa shape index (κ2) is 2.05. The fourth-order valence-corrected chi connectivity index (χ4v) is 1.26. The van der Waals surface area contributed by atoms with Crippen molar-refractivity contribution in [1.29, 1.82) is 0 Å². The van der Waals surface area contributed by atoms with Gasteiger partial charge in [-0.05, 0) is 19.3 Å². The topological polar surface area (TPSA) is 3.01 Å². The van der Waals surface area contributed by atoms with Crippen LogP contribution in [0.4, 0.5) is 0 Å². The van der Waals surface area contributed by atoms with E-state index in [1.807, 2.05) is 0 Å². The number of allylic oxidation sites excluding steroid dienone is 2. The Bertz CT molecular complexity index is 147. The normalized spacial score (nSPS) is 20.7. The van der Waals surface area contributed by atoms with Gasteiger partial charge in [-0.15, -0.1) is 0 Å². The van der Waals surface area contributed by atoms with E-state index >= 15 is 0 Å². The van der Waals surface area contributed by atoms with Gasteiger partial charge in [-0.1, -0.05) is 13.8 Å². The van der Waals surface area contributed by atoms with Gasteiger partial charge in [-0.3, -0.25) is 0 Å². The quantitative estimate of drug-likeness (QED) is 0.546. The lowest BCUT2D eigenvalue weighted by Crippen LogP contribution is -1.97. The van der Waals surface area contributed by atoms with E-state index in [1.54, 1.807) is 5.70 Å². The Labute approximate surface area is 57.4 Å². The molecule has 1 aliphatic heterocycles. The van der Waals surface area contributed by atoms with Gasteiger partial charge in [0.15, 0.2) is 0 Å². The lowest BCUT2D eigenvalue weighted by Gasteiger charge is -2.03. The molecule has 0 radical (unpaired) electrons. The molecule has 0 saturated carbocycles. The maximum absolute atomic E-state index is 2.28. The molecule has 1 heteroatoms. The van der Waals surface area contributed by atoms with Crippen LogP contribution in [0.5, 0.6) is 0 Å². The average Bonchev–Trinajstić information content (AvgIpc) is 2.40. The van der Waals surface area contributed by atoms with Crippen molar-refractivity contribution in [2.75, 3.05) is 7.05 Å². The molecule has 1 nitrogen and oxygen atoms in total. The summed E-state index contributed by atoms with van der Waals surface area (Å²) in [6.45, 7) is 6.70. The molecular weight excluding hydrogens is 110 g/mol. The number of rotatable bonds is 2. The molecule has 0 saturated heterocycles. The highest BCUT2D eigenvalue weighted by Crippen LogP contribution is 2.36. The first-order valence-electron chi connectivity index (χ1n) is 3.63. The monoisotopic (exact) mass is 125 g/mol. The van der Waals surface area contributed by atoms with Crippen molar-refractivity contribution < 1.29 is 0 Å². The zero-order valence-corrected chi connectivity index (χ0v) is 6.73. The van der Waals surface area contributed by atoms with Crippen LogP contribution >= 0.6 is 0 Å². The molecule has 0 aromatic rings. The van der Waals surface area contributed by atoms with E-state index < -0.39 is 0 Å². The summed E-state index contributed by atoms with van der Waals surface area (Å²) in [5.74, 6) is 0.773. The minimum absolute atomic E-state index is 0.773. The van der Waals surface area contributed by atoms with E-state index in [2.05, 4.69) is 32.7 Å². The molecule has 1 rings (SSSR count). The Hall–Kier alpha value is -0.460. The van der Waals surface area contributed by atoms with Crippen molar-refractivity contribution in [3.63, 3.8) is 0 Å². The van der Waals surface area contributed by atoms with E-state index in [-0.39, 0.29) is 0 Å². The first-order valence-corrected chi connectivity index (χ1v) is 3.63. The summed E-state index contributed by atoms with van der Waals surface area (Å²) >= 11 is 0. The highest BCUT2D eigenvalue weighted by Gasteiger charge is 2.28. The summed E-state index contributed by atoms with van der Waals surface area (Å²) in [4.78, 5) is 2.27. The maximum atomic E-state index is 2.28. The molecule has 0 aromatic carbocycles. The van der Waals surface area contributed by atoms with Crippen molar-refractivity contribution in [1.82, 2.24) is 4.90 Å². The van der Waals surface area contributed by atoms with Crippen molar-refractivity contribution in [3.8, 4) is 0 Å². The summed E-state index contributed by atoms with van der Waals surface area (Å²) in [6, 6.07) is 0. The van der Waals surface area contributed by atoms with E-state index in [4.69, 9.17) is 0 Å². The largest absolute Gasteiger partial charge is 0.349 e. The molecule has 0 N–H and O–H groups in total. The third kappa shape index (κ3) is 0.958. The summed E-state index contributed by atoms with van der Waals surface area (Å²) in [5.41, 5.74) is 3.03. The molecule has 0 bridgehead atoms. The van der Waals surface area contributed by atoms with Gasteiger partial charge in [-0.2, -0.15) is 0 Å². The van der Waals surface area contributed by atoms with Crippen LogP contribution in [0.15, 0.2) is 11.4 Å². The van der Waals surface area contributed by atoms with Gasteiger partial charge in [0, 0.05) is 18.4 Å². The Morgan fingerprint density at radius 1 is 1.56 bits per heavy atom. The van der Waals surface area contributed by atoms with E-state index in [9.17, 15) is 0 Å². The standard InChI is InChI=1S/C8H15N/c1-5-6(2)8-7(3)9(8)4/h6H,5H2,1-4H3. The molecule has 52 valence electrons. The molecule has 0 amide bonds. The van der Waals surface area contributed by atoms with Crippen molar-refractivity contribution >= 4 is 0 Å². The van der Waals surface area contributed by atoms with Crippen LogP contribution in [0.2, 0.25) is 0 Å². The predicted molar refractivity (Wildman–Crippen MR) is 39.9 cm³/mol. The van der Waals surface area contributed by atoms with Crippen LogP contribution in [-0.2, 0) is 0 Å². The maximum Gasteiger partial charge on any atom is 0.0396 e. The van der Waals surface area contributed by atoms with Gasteiger partial charge in [0.25, 0.3) is 0 Å². The molecule has 9 heavy (non-hydrogen) atoms. The minimum Gasteiger partial charge on any atom is -0.349 e. The summed E-state index contributed by atoms with van der Waals surface area (Å²) < 4.78 is 0. The second-order valence-corrected chi connectivity index (χ2v) is 2.84. The van der Waals surface area contributed by atoms with E-state index in [0.29, 0.717) is 0 Å². The van der Waals surface area contributed by atoms with Gasteiger partial charge < -0.3 is 4.90 Å². The van der Waals surface area contributed by atoms with Crippen LogP contribution in [0.1, 0.15) is 27.2 Å². The molecule has 1 heterocycles. The van der Waals surface area contributed by atoms with Gasteiger partial charge >= 0.3 is 0 Å². The van der Waals surface area contributed by atoms with Crippen LogP contribution in [0.3, 0.4) is 0 Å². The second-order valence-electron chi connectivity index (χ2n) is 2.84.